The molecule has 16 heavy (non-hydrogen) atoms. The van der Waals surface area contributed by atoms with Gasteiger partial charge in [-0.1, -0.05) is 6.07 Å². The van der Waals surface area contributed by atoms with Gasteiger partial charge in [-0.2, -0.15) is 0 Å². The van der Waals surface area contributed by atoms with Gasteiger partial charge in [0.1, 0.15) is 5.82 Å². The minimum atomic E-state index is 0.766. The first-order valence-corrected chi connectivity index (χ1v) is 6.10. The molecule has 0 saturated carbocycles. The van der Waals surface area contributed by atoms with Crippen molar-refractivity contribution >= 4 is 5.82 Å². The molecule has 1 aromatic heterocycles. The molecule has 1 saturated heterocycles. The van der Waals surface area contributed by atoms with E-state index < -0.39 is 0 Å². The SMILES string of the molecule is Cc1ccc(N(C)C[C@@H]2CCCNC2)nc1. The summed E-state index contributed by atoms with van der Waals surface area (Å²) in [5.41, 5.74) is 1.22. The minimum absolute atomic E-state index is 0.766. The highest BCUT2D eigenvalue weighted by Crippen LogP contribution is 2.15. The third kappa shape index (κ3) is 2.95. The molecule has 1 fully saturated rings. The zero-order chi connectivity index (χ0) is 11.4. The van der Waals surface area contributed by atoms with E-state index in [-0.39, 0.29) is 0 Å². The summed E-state index contributed by atoms with van der Waals surface area (Å²) in [5.74, 6) is 1.85. The Morgan fingerprint density at radius 2 is 2.38 bits per heavy atom. The van der Waals surface area contributed by atoms with Crippen LogP contribution in [0.2, 0.25) is 0 Å². The van der Waals surface area contributed by atoms with Crippen molar-refractivity contribution in [2.45, 2.75) is 19.8 Å². The average Bonchev–Trinajstić information content (AvgIpc) is 2.31. The van der Waals surface area contributed by atoms with Gasteiger partial charge in [0, 0.05) is 19.8 Å². The maximum absolute atomic E-state index is 4.45. The van der Waals surface area contributed by atoms with Gasteiger partial charge in [0.25, 0.3) is 0 Å². The Bertz CT molecular complexity index is 314. The fourth-order valence-corrected chi connectivity index (χ4v) is 2.25. The second kappa shape index (κ2) is 5.30. The molecule has 0 amide bonds. The first-order valence-electron chi connectivity index (χ1n) is 6.10. The lowest BCUT2D eigenvalue weighted by atomic mass is 9.99. The van der Waals surface area contributed by atoms with E-state index in [4.69, 9.17) is 0 Å². The van der Waals surface area contributed by atoms with E-state index in [0.717, 1.165) is 24.8 Å². The lowest BCUT2D eigenvalue weighted by Crippen LogP contribution is -2.37. The quantitative estimate of drug-likeness (QED) is 0.840. The Morgan fingerprint density at radius 1 is 1.50 bits per heavy atom. The highest BCUT2D eigenvalue weighted by molar-refractivity contribution is 5.38. The molecule has 1 N–H and O–H groups in total. The molecule has 0 bridgehead atoms. The van der Waals surface area contributed by atoms with Gasteiger partial charge in [-0.25, -0.2) is 4.98 Å². The van der Waals surface area contributed by atoms with Crippen LogP contribution in [0.4, 0.5) is 5.82 Å². The zero-order valence-electron chi connectivity index (χ0n) is 10.2. The highest BCUT2D eigenvalue weighted by Gasteiger charge is 2.15. The second-order valence-electron chi connectivity index (χ2n) is 4.79. The summed E-state index contributed by atoms with van der Waals surface area (Å²) in [7, 11) is 2.13. The van der Waals surface area contributed by atoms with Crippen LogP contribution in [0.15, 0.2) is 18.3 Å². The van der Waals surface area contributed by atoms with Crippen molar-refractivity contribution in [2.24, 2.45) is 5.92 Å². The van der Waals surface area contributed by atoms with E-state index >= 15 is 0 Å². The molecule has 1 atom stereocenters. The van der Waals surface area contributed by atoms with Crippen LogP contribution in [0.25, 0.3) is 0 Å². The molecule has 1 aromatic rings. The van der Waals surface area contributed by atoms with Crippen molar-refractivity contribution in [3.63, 3.8) is 0 Å². The normalized spacial score (nSPS) is 20.8. The summed E-state index contributed by atoms with van der Waals surface area (Å²) >= 11 is 0. The third-order valence-electron chi connectivity index (χ3n) is 3.22. The minimum Gasteiger partial charge on any atom is -0.359 e. The lowest BCUT2D eigenvalue weighted by Gasteiger charge is -2.28. The number of anilines is 1. The molecule has 3 nitrogen and oxygen atoms in total. The number of aromatic nitrogens is 1. The maximum Gasteiger partial charge on any atom is 0.128 e. The van der Waals surface area contributed by atoms with Gasteiger partial charge in [-0.15, -0.1) is 0 Å². The molecular formula is C13H21N3. The van der Waals surface area contributed by atoms with Crippen LogP contribution >= 0.6 is 0 Å². The number of hydrogen-bond acceptors (Lipinski definition) is 3. The molecule has 0 radical (unpaired) electrons. The predicted octanol–water partition coefficient (Wildman–Crippen LogP) is 1.83. The smallest absolute Gasteiger partial charge is 0.128 e. The van der Waals surface area contributed by atoms with Crippen LogP contribution in [-0.2, 0) is 0 Å². The van der Waals surface area contributed by atoms with Crippen LogP contribution in [0.5, 0.6) is 0 Å². The Kier molecular flexibility index (Phi) is 3.78. The van der Waals surface area contributed by atoms with E-state index in [1.807, 2.05) is 6.20 Å². The molecule has 2 rings (SSSR count). The highest BCUT2D eigenvalue weighted by atomic mass is 15.2. The fourth-order valence-electron chi connectivity index (χ4n) is 2.25. The summed E-state index contributed by atoms with van der Waals surface area (Å²) in [6.45, 7) is 5.50. The van der Waals surface area contributed by atoms with E-state index in [9.17, 15) is 0 Å². The van der Waals surface area contributed by atoms with Gasteiger partial charge in [-0.3, -0.25) is 0 Å². The van der Waals surface area contributed by atoms with Crippen molar-refractivity contribution in [3.8, 4) is 0 Å². The molecule has 1 aliphatic rings. The summed E-state index contributed by atoms with van der Waals surface area (Å²) in [5, 5.41) is 3.45. The van der Waals surface area contributed by atoms with Crippen molar-refractivity contribution in [1.29, 1.82) is 0 Å². The monoisotopic (exact) mass is 219 g/mol. The third-order valence-corrected chi connectivity index (χ3v) is 3.22. The van der Waals surface area contributed by atoms with E-state index in [2.05, 4.69) is 41.3 Å². The van der Waals surface area contributed by atoms with Crippen LogP contribution in [0.3, 0.4) is 0 Å². The second-order valence-corrected chi connectivity index (χ2v) is 4.79. The van der Waals surface area contributed by atoms with Crippen LogP contribution in [0, 0.1) is 12.8 Å². The topological polar surface area (TPSA) is 28.2 Å². The van der Waals surface area contributed by atoms with Crippen LogP contribution in [0.1, 0.15) is 18.4 Å². The van der Waals surface area contributed by atoms with Gasteiger partial charge >= 0.3 is 0 Å². The first kappa shape index (κ1) is 11.4. The van der Waals surface area contributed by atoms with Crippen molar-refractivity contribution in [1.82, 2.24) is 10.3 Å². The fraction of sp³-hybridized carbons (Fsp3) is 0.615. The number of aryl methyl sites for hydroxylation is 1. The molecule has 0 unspecified atom stereocenters. The zero-order valence-corrected chi connectivity index (χ0v) is 10.2. The van der Waals surface area contributed by atoms with Crippen molar-refractivity contribution in [3.05, 3.63) is 23.9 Å². The molecule has 2 heterocycles. The number of nitrogens with one attached hydrogen (secondary N) is 1. The number of nitrogens with zero attached hydrogens (tertiary/aromatic N) is 2. The van der Waals surface area contributed by atoms with E-state index in [1.165, 1.54) is 24.9 Å². The molecule has 3 heteroatoms. The van der Waals surface area contributed by atoms with Crippen LogP contribution in [-0.4, -0.2) is 31.7 Å². The molecule has 0 aliphatic carbocycles. The molecule has 0 aromatic carbocycles. The Labute approximate surface area is 97.9 Å². The summed E-state index contributed by atoms with van der Waals surface area (Å²) in [6, 6.07) is 4.23. The van der Waals surface area contributed by atoms with E-state index in [1.54, 1.807) is 0 Å². The van der Waals surface area contributed by atoms with E-state index in [0.29, 0.717) is 0 Å². The van der Waals surface area contributed by atoms with Crippen molar-refractivity contribution in [2.75, 3.05) is 31.6 Å². The Hall–Kier alpha value is -1.09. The summed E-state index contributed by atoms with van der Waals surface area (Å²) < 4.78 is 0. The van der Waals surface area contributed by atoms with Crippen molar-refractivity contribution < 1.29 is 0 Å². The maximum atomic E-state index is 4.45. The molecular weight excluding hydrogens is 198 g/mol. The van der Waals surface area contributed by atoms with Gasteiger partial charge in [0.2, 0.25) is 0 Å². The standard InChI is InChI=1S/C13H21N3/c1-11-5-6-13(15-8-11)16(2)10-12-4-3-7-14-9-12/h5-6,8,12,14H,3-4,7,9-10H2,1-2H3/t12-/m1/s1. The molecule has 88 valence electrons. The largest absolute Gasteiger partial charge is 0.359 e. The molecule has 0 spiro atoms. The average molecular weight is 219 g/mol. The van der Waals surface area contributed by atoms with Gasteiger partial charge in [0.15, 0.2) is 0 Å². The van der Waals surface area contributed by atoms with Gasteiger partial charge < -0.3 is 10.2 Å². The summed E-state index contributed by atoms with van der Waals surface area (Å²) in [4.78, 5) is 6.71. The Balaban J connectivity index is 1.91. The Morgan fingerprint density at radius 3 is 3.00 bits per heavy atom. The summed E-state index contributed by atoms with van der Waals surface area (Å²) in [6.07, 6.45) is 4.58. The lowest BCUT2D eigenvalue weighted by molar-refractivity contribution is 0.380. The van der Waals surface area contributed by atoms with Gasteiger partial charge in [-0.05, 0) is 50.4 Å². The van der Waals surface area contributed by atoms with Gasteiger partial charge in [0.05, 0.1) is 0 Å². The van der Waals surface area contributed by atoms with Crippen LogP contribution < -0.4 is 10.2 Å². The number of piperidine rings is 1. The first-order chi connectivity index (χ1) is 7.75. The predicted molar refractivity (Wildman–Crippen MR) is 67.8 cm³/mol. The number of pyridine rings is 1. The molecule has 1 aliphatic heterocycles. The number of rotatable bonds is 3. The number of hydrogen-bond donors (Lipinski definition) is 1.